The van der Waals surface area contributed by atoms with Crippen LogP contribution in [-0.2, 0) is 9.59 Å². The Labute approximate surface area is 190 Å². The quantitative estimate of drug-likeness (QED) is 0.363. The number of amides is 2. The number of carbonyl (C=O) groups excluding carboxylic acids is 2. The van der Waals surface area contributed by atoms with E-state index in [2.05, 4.69) is 28.2 Å². The molecule has 0 bridgehead atoms. The van der Waals surface area contributed by atoms with E-state index in [0.29, 0.717) is 17.0 Å². The number of nitrogens with one attached hydrogen (secondary N) is 1. The Morgan fingerprint density at radius 1 is 1.20 bits per heavy atom. The lowest BCUT2D eigenvalue weighted by Gasteiger charge is -2.30. The molecule has 1 heterocycles. The van der Waals surface area contributed by atoms with E-state index in [1.807, 2.05) is 57.2 Å². The number of nitrogens with zero attached hydrogens (tertiary/aromatic N) is 1. The number of carbonyl (C=O) groups is 2. The number of benzene rings is 2. The smallest absolute Gasteiger partial charge is 0.270 e. The number of hydrogen-bond acceptors (Lipinski definition) is 4. The average molecular weight is 487 g/mol. The highest BCUT2D eigenvalue weighted by molar-refractivity contribution is 9.10. The molecular weight excluding hydrogens is 464 g/mol. The fourth-order valence-electron chi connectivity index (χ4n) is 3.10. The molecule has 0 spiro atoms. The summed E-state index contributed by atoms with van der Waals surface area (Å²) in [6.07, 6.45) is 2.54. The van der Waals surface area contributed by atoms with E-state index in [-0.39, 0.29) is 16.8 Å². The number of ether oxygens (including phenoxy) is 1. The molecule has 1 N–H and O–H groups in total. The fraction of sp³-hybridized carbons (Fsp3) is 0.261. The third kappa shape index (κ3) is 4.63. The first-order chi connectivity index (χ1) is 14.2. The molecule has 2 amide bonds. The van der Waals surface area contributed by atoms with Gasteiger partial charge in [0.1, 0.15) is 11.3 Å². The summed E-state index contributed by atoms with van der Waals surface area (Å²) in [5, 5.41) is 2.70. The highest BCUT2D eigenvalue weighted by Gasteiger charge is 2.35. The van der Waals surface area contributed by atoms with Gasteiger partial charge in [-0.1, -0.05) is 30.7 Å². The Morgan fingerprint density at radius 2 is 1.93 bits per heavy atom. The molecule has 2 aromatic rings. The van der Waals surface area contributed by atoms with Crippen molar-refractivity contribution in [1.29, 1.82) is 0 Å². The summed E-state index contributed by atoms with van der Waals surface area (Å²) in [5.41, 5.74) is 3.35. The first-order valence-electron chi connectivity index (χ1n) is 9.66. The predicted molar refractivity (Wildman–Crippen MR) is 127 cm³/mol. The molecule has 30 heavy (non-hydrogen) atoms. The maximum absolute atomic E-state index is 13.2. The van der Waals surface area contributed by atoms with Crippen molar-refractivity contribution in [2.24, 2.45) is 0 Å². The number of halogens is 1. The molecule has 1 fully saturated rings. The predicted octanol–water partition coefficient (Wildman–Crippen LogP) is 5.07. The van der Waals surface area contributed by atoms with E-state index >= 15 is 0 Å². The molecule has 0 aliphatic carbocycles. The molecule has 1 atom stereocenters. The van der Waals surface area contributed by atoms with Crippen LogP contribution in [0.4, 0.5) is 5.69 Å². The van der Waals surface area contributed by atoms with Crippen molar-refractivity contribution in [3.05, 3.63) is 63.1 Å². The maximum atomic E-state index is 13.2. The molecular formula is C23H23BrN2O3S. The van der Waals surface area contributed by atoms with Crippen LogP contribution < -0.4 is 15.0 Å². The van der Waals surface area contributed by atoms with Crippen molar-refractivity contribution in [2.45, 2.75) is 40.2 Å². The molecule has 3 rings (SSSR count). The second-order valence-electron chi connectivity index (χ2n) is 7.27. The molecule has 0 saturated carbocycles. The average Bonchev–Trinajstić information content (AvgIpc) is 2.68. The first kappa shape index (κ1) is 22.2. The van der Waals surface area contributed by atoms with Crippen molar-refractivity contribution in [3.8, 4) is 5.75 Å². The number of hydrogen-bond donors (Lipinski definition) is 1. The van der Waals surface area contributed by atoms with Crippen molar-refractivity contribution in [1.82, 2.24) is 5.32 Å². The van der Waals surface area contributed by atoms with E-state index < -0.39 is 11.8 Å². The monoisotopic (exact) mass is 486 g/mol. The van der Waals surface area contributed by atoms with Gasteiger partial charge >= 0.3 is 0 Å². The van der Waals surface area contributed by atoms with Crippen LogP contribution in [0.3, 0.4) is 0 Å². The summed E-state index contributed by atoms with van der Waals surface area (Å²) in [7, 11) is 0. The van der Waals surface area contributed by atoms with Gasteiger partial charge < -0.3 is 4.74 Å². The Kier molecular flexibility index (Phi) is 6.73. The number of anilines is 1. The Bertz CT molecular complexity index is 1060. The van der Waals surface area contributed by atoms with Crippen molar-refractivity contribution >= 4 is 56.8 Å². The first-order valence-corrected chi connectivity index (χ1v) is 10.9. The molecule has 5 nitrogen and oxygen atoms in total. The van der Waals surface area contributed by atoms with Gasteiger partial charge in [-0.25, -0.2) is 0 Å². The molecule has 2 aromatic carbocycles. The van der Waals surface area contributed by atoms with Gasteiger partial charge in [-0.05, 0) is 90.7 Å². The zero-order valence-corrected chi connectivity index (χ0v) is 19.7. The van der Waals surface area contributed by atoms with Crippen molar-refractivity contribution in [3.63, 3.8) is 0 Å². The van der Waals surface area contributed by atoms with E-state index in [1.54, 1.807) is 6.08 Å². The van der Waals surface area contributed by atoms with Gasteiger partial charge in [-0.3, -0.25) is 19.8 Å². The van der Waals surface area contributed by atoms with Crippen LogP contribution in [0.5, 0.6) is 5.75 Å². The third-order valence-electron chi connectivity index (χ3n) is 4.86. The Balaban J connectivity index is 1.95. The molecule has 0 unspecified atom stereocenters. The van der Waals surface area contributed by atoms with Gasteiger partial charge in [0.2, 0.25) is 0 Å². The zero-order valence-electron chi connectivity index (χ0n) is 17.3. The lowest BCUT2D eigenvalue weighted by molar-refractivity contribution is -0.122. The van der Waals surface area contributed by atoms with Crippen LogP contribution in [-0.4, -0.2) is 23.0 Å². The second kappa shape index (κ2) is 9.10. The standard InChI is InChI=1S/C23H23BrN2O3S/c1-5-15(4)29-20-9-7-16(12-18(20)24)11-17-21(27)25-23(30)26(22(17)28)19-8-6-13(2)10-14(19)3/h6-12,15H,5H2,1-4H3,(H,25,27,30)/b17-11+/t15-/m0/s1. The van der Waals surface area contributed by atoms with E-state index in [9.17, 15) is 9.59 Å². The molecule has 1 saturated heterocycles. The third-order valence-corrected chi connectivity index (χ3v) is 5.77. The van der Waals surface area contributed by atoms with E-state index in [0.717, 1.165) is 22.0 Å². The highest BCUT2D eigenvalue weighted by Crippen LogP contribution is 2.30. The maximum Gasteiger partial charge on any atom is 0.270 e. The second-order valence-corrected chi connectivity index (χ2v) is 8.52. The molecule has 7 heteroatoms. The Hall–Kier alpha value is -2.51. The minimum Gasteiger partial charge on any atom is -0.490 e. The summed E-state index contributed by atoms with van der Waals surface area (Å²) in [4.78, 5) is 27.1. The van der Waals surface area contributed by atoms with Gasteiger partial charge in [0, 0.05) is 0 Å². The van der Waals surface area contributed by atoms with Gasteiger partial charge in [0.05, 0.1) is 16.3 Å². The minimum atomic E-state index is -0.512. The SMILES string of the molecule is CC[C@H](C)Oc1ccc(/C=C2\C(=O)NC(=S)N(c3ccc(C)cc3C)C2=O)cc1Br. The van der Waals surface area contributed by atoms with E-state index in [4.69, 9.17) is 17.0 Å². The summed E-state index contributed by atoms with van der Waals surface area (Å²) >= 11 is 8.79. The van der Waals surface area contributed by atoms with Gasteiger partial charge in [0.15, 0.2) is 5.11 Å². The number of thiocarbonyl (C=S) groups is 1. The lowest BCUT2D eigenvalue weighted by atomic mass is 10.0. The number of aryl methyl sites for hydroxylation is 2. The normalized spacial score (nSPS) is 16.6. The summed E-state index contributed by atoms with van der Waals surface area (Å²) in [6, 6.07) is 11.2. The minimum absolute atomic E-state index is 0.0195. The lowest BCUT2D eigenvalue weighted by Crippen LogP contribution is -2.54. The van der Waals surface area contributed by atoms with Crippen molar-refractivity contribution in [2.75, 3.05) is 4.90 Å². The van der Waals surface area contributed by atoms with Crippen molar-refractivity contribution < 1.29 is 14.3 Å². The largest absolute Gasteiger partial charge is 0.490 e. The van der Waals surface area contributed by atoms with Crippen LogP contribution in [0.25, 0.3) is 6.08 Å². The van der Waals surface area contributed by atoms with Crippen LogP contribution in [0.15, 0.2) is 46.4 Å². The molecule has 156 valence electrons. The van der Waals surface area contributed by atoms with Gasteiger partial charge in [-0.2, -0.15) is 0 Å². The molecule has 1 aliphatic rings. The summed E-state index contributed by atoms with van der Waals surface area (Å²) in [5.74, 6) is -0.252. The zero-order chi connectivity index (χ0) is 22.0. The summed E-state index contributed by atoms with van der Waals surface area (Å²) < 4.78 is 6.61. The van der Waals surface area contributed by atoms with E-state index in [1.165, 1.54) is 4.90 Å². The molecule has 1 aliphatic heterocycles. The molecule has 0 radical (unpaired) electrons. The van der Waals surface area contributed by atoms with Crippen LogP contribution in [0.1, 0.15) is 37.0 Å². The summed E-state index contributed by atoms with van der Waals surface area (Å²) in [6.45, 7) is 7.94. The highest BCUT2D eigenvalue weighted by atomic mass is 79.9. The topological polar surface area (TPSA) is 58.6 Å². The van der Waals surface area contributed by atoms with Crippen LogP contribution in [0.2, 0.25) is 0 Å². The van der Waals surface area contributed by atoms with Crippen LogP contribution in [0, 0.1) is 13.8 Å². The number of rotatable bonds is 5. The Morgan fingerprint density at radius 3 is 2.57 bits per heavy atom. The van der Waals surface area contributed by atoms with Crippen LogP contribution >= 0.6 is 28.1 Å². The van der Waals surface area contributed by atoms with Gasteiger partial charge in [0.25, 0.3) is 11.8 Å². The van der Waals surface area contributed by atoms with Gasteiger partial charge in [-0.15, -0.1) is 0 Å². The molecule has 0 aromatic heterocycles. The fourth-order valence-corrected chi connectivity index (χ4v) is 3.87.